The lowest BCUT2D eigenvalue weighted by Gasteiger charge is -2.49. The van der Waals surface area contributed by atoms with Crippen LogP contribution >= 0.6 is 0 Å². The summed E-state index contributed by atoms with van der Waals surface area (Å²) in [5.74, 6) is -1.14. The van der Waals surface area contributed by atoms with Crippen molar-refractivity contribution in [3.63, 3.8) is 0 Å². The summed E-state index contributed by atoms with van der Waals surface area (Å²) >= 11 is 0. The van der Waals surface area contributed by atoms with E-state index in [0.29, 0.717) is 17.5 Å². The Labute approximate surface area is 258 Å². The molecule has 0 amide bonds. The van der Waals surface area contributed by atoms with Gasteiger partial charge in [0.2, 0.25) is 0 Å². The van der Waals surface area contributed by atoms with Gasteiger partial charge >= 0.3 is 17.9 Å². The summed E-state index contributed by atoms with van der Waals surface area (Å²) in [5, 5.41) is 37.6. The number of carbonyl (C=O) groups is 3. The van der Waals surface area contributed by atoms with Crippen LogP contribution in [0.1, 0.15) is 64.6 Å². The molecule has 0 unspecified atom stereocenters. The molecular weight excluding hydrogens is 570 g/mol. The molecule has 0 atom stereocenters. The van der Waals surface area contributed by atoms with Gasteiger partial charge in [-0.15, -0.1) is 6.42 Å². The van der Waals surface area contributed by atoms with Crippen LogP contribution in [0.25, 0.3) is 0 Å². The number of nitrogens with zero attached hydrogens (tertiary/aromatic N) is 2. The number of pyridine rings is 1. The lowest BCUT2D eigenvalue weighted by atomic mass is 9.79. The number of nitrogens with one attached hydrogen (secondary N) is 1. The Balaban J connectivity index is 0.000000439. The summed E-state index contributed by atoms with van der Waals surface area (Å²) in [7, 11) is 1.66. The average molecular weight is 614 g/mol. The van der Waals surface area contributed by atoms with Crippen molar-refractivity contribution in [3.05, 3.63) is 53.9 Å². The van der Waals surface area contributed by atoms with Gasteiger partial charge in [-0.05, 0) is 70.4 Å². The minimum Gasteiger partial charge on any atom is -0.493 e. The van der Waals surface area contributed by atoms with E-state index >= 15 is 0 Å². The maximum Gasteiger partial charge on any atom is 0.336 e. The van der Waals surface area contributed by atoms with E-state index in [0.717, 1.165) is 31.6 Å². The summed E-state index contributed by atoms with van der Waals surface area (Å²) in [5.41, 5.74) is -0.344. The van der Waals surface area contributed by atoms with E-state index in [1.165, 1.54) is 5.56 Å². The van der Waals surface area contributed by atoms with Crippen molar-refractivity contribution in [2.75, 3.05) is 13.7 Å². The molecule has 12 nitrogen and oxygen atoms in total. The number of aromatic nitrogens is 1. The molecule has 0 bridgehead atoms. The molecule has 0 saturated carbocycles. The molecule has 0 spiro atoms. The first-order valence-electron chi connectivity index (χ1n) is 14.0. The van der Waals surface area contributed by atoms with Gasteiger partial charge in [0.25, 0.3) is 0 Å². The first-order valence-corrected chi connectivity index (χ1v) is 14.0. The number of methoxy groups -OCH3 is 1. The van der Waals surface area contributed by atoms with E-state index in [4.69, 9.17) is 36.3 Å². The lowest BCUT2D eigenvalue weighted by Crippen LogP contribution is -2.62. The van der Waals surface area contributed by atoms with Gasteiger partial charge in [0, 0.05) is 36.4 Å². The molecule has 12 heteroatoms. The number of rotatable bonds is 13. The van der Waals surface area contributed by atoms with Gasteiger partial charge in [-0.1, -0.05) is 18.1 Å². The van der Waals surface area contributed by atoms with Crippen LogP contribution in [0.5, 0.6) is 11.5 Å². The fourth-order valence-electron chi connectivity index (χ4n) is 5.54. The first kappa shape index (κ1) is 36.0. The SMILES string of the molecule is C#CCOc1ccc(CN(Cc2ccccn2)C2CC(C)(C)NC(C)(C)C2)cc1OC.O=C(O)CC(O)(CC(=O)O)C(=O)O. The molecule has 5 N–H and O–H groups in total. The molecule has 1 aromatic heterocycles. The standard InChI is InChI=1S/C26H35N3O2.C6H8O7/c1-7-14-31-23-12-11-20(15-24(23)30-6)18-29(19-21-10-8-9-13-27-21)22-16-25(2,3)28-26(4,5)17-22;7-3(8)1-6(13,5(11)12)2-4(9)10/h1,8-13,15,22,28H,14,16-19H2,2-6H3;13H,1-2H2,(H,7,8)(H,9,10)(H,11,12). The average Bonchev–Trinajstić information content (AvgIpc) is 2.90. The Morgan fingerprint density at radius 1 is 1.02 bits per heavy atom. The normalized spacial score (nSPS) is 15.8. The van der Waals surface area contributed by atoms with Gasteiger partial charge in [0.15, 0.2) is 17.1 Å². The second kappa shape index (κ2) is 15.5. The number of hydrogen-bond acceptors (Lipinski definition) is 9. The number of carboxylic acid groups (broad SMARTS) is 3. The van der Waals surface area contributed by atoms with Crippen LogP contribution in [0.3, 0.4) is 0 Å². The molecule has 240 valence electrons. The predicted molar refractivity (Wildman–Crippen MR) is 162 cm³/mol. The number of aliphatic hydroxyl groups is 1. The maximum atomic E-state index is 10.3. The van der Waals surface area contributed by atoms with Gasteiger partial charge in [0.05, 0.1) is 25.6 Å². The number of aliphatic carboxylic acids is 3. The molecule has 0 aliphatic carbocycles. The highest BCUT2D eigenvalue weighted by atomic mass is 16.5. The summed E-state index contributed by atoms with van der Waals surface area (Å²) in [6.45, 7) is 11.0. The van der Waals surface area contributed by atoms with Gasteiger partial charge in [-0.3, -0.25) is 19.5 Å². The largest absolute Gasteiger partial charge is 0.493 e. The van der Waals surface area contributed by atoms with Crippen LogP contribution in [-0.2, 0) is 27.5 Å². The zero-order valence-corrected chi connectivity index (χ0v) is 25.9. The Morgan fingerprint density at radius 3 is 2.11 bits per heavy atom. The van der Waals surface area contributed by atoms with Gasteiger partial charge in [0.1, 0.15) is 6.61 Å². The van der Waals surface area contributed by atoms with E-state index < -0.39 is 36.4 Å². The van der Waals surface area contributed by atoms with Gasteiger partial charge in [-0.2, -0.15) is 0 Å². The summed E-state index contributed by atoms with van der Waals surface area (Å²) < 4.78 is 11.2. The van der Waals surface area contributed by atoms with Crippen molar-refractivity contribution < 1.29 is 44.3 Å². The zero-order valence-electron chi connectivity index (χ0n) is 25.9. The highest BCUT2D eigenvalue weighted by Crippen LogP contribution is 2.34. The fraction of sp³-hybridized carbons (Fsp3) is 0.500. The van der Waals surface area contributed by atoms with Crippen molar-refractivity contribution in [3.8, 4) is 23.8 Å². The third kappa shape index (κ3) is 11.5. The third-order valence-electron chi connectivity index (χ3n) is 6.99. The van der Waals surface area contributed by atoms with Crippen LogP contribution in [0.2, 0.25) is 0 Å². The number of carboxylic acids is 3. The molecule has 44 heavy (non-hydrogen) atoms. The van der Waals surface area contributed by atoms with Crippen LogP contribution < -0.4 is 14.8 Å². The second-order valence-corrected chi connectivity index (χ2v) is 12.1. The van der Waals surface area contributed by atoms with Crippen LogP contribution in [0, 0.1) is 12.3 Å². The zero-order chi connectivity index (χ0) is 33.1. The van der Waals surface area contributed by atoms with Crippen LogP contribution in [0.15, 0.2) is 42.6 Å². The van der Waals surface area contributed by atoms with E-state index in [9.17, 15) is 14.4 Å². The molecular formula is C32H43N3O9. The predicted octanol–water partition coefficient (Wildman–Crippen LogP) is 3.17. The smallest absolute Gasteiger partial charge is 0.336 e. The molecule has 1 aliphatic rings. The van der Waals surface area contributed by atoms with E-state index in [2.05, 4.69) is 73.1 Å². The molecule has 0 radical (unpaired) electrons. The van der Waals surface area contributed by atoms with Crippen molar-refractivity contribution >= 4 is 17.9 Å². The monoisotopic (exact) mass is 613 g/mol. The van der Waals surface area contributed by atoms with Crippen molar-refractivity contribution in [2.24, 2.45) is 0 Å². The topological polar surface area (TPSA) is 179 Å². The van der Waals surface area contributed by atoms with E-state index in [-0.39, 0.29) is 17.7 Å². The molecule has 2 heterocycles. The number of terminal acetylenes is 1. The summed E-state index contributed by atoms with van der Waals surface area (Å²) in [4.78, 5) is 37.6. The Kier molecular flexibility index (Phi) is 12.7. The first-order chi connectivity index (χ1) is 20.5. The third-order valence-corrected chi connectivity index (χ3v) is 6.99. The van der Waals surface area contributed by atoms with Crippen molar-refractivity contribution in [1.29, 1.82) is 0 Å². The van der Waals surface area contributed by atoms with Crippen LogP contribution in [0.4, 0.5) is 0 Å². The number of benzene rings is 1. The molecule has 1 aliphatic heterocycles. The molecule has 1 fully saturated rings. The number of ether oxygens (including phenoxy) is 2. The highest BCUT2D eigenvalue weighted by molar-refractivity contribution is 5.88. The second-order valence-electron chi connectivity index (χ2n) is 12.1. The lowest BCUT2D eigenvalue weighted by molar-refractivity contribution is -0.170. The quantitative estimate of drug-likeness (QED) is 0.209. The van der Waals surface area contributed by atoms with Gasteiger partial charge in [-0.25, -0.2) is 4.79 Å². The Bertz CT molecular complexity index is 1290. The molecule has 1 saturated heterocycles. The summed E-state index contributed by atoms with van der Waals surface area (Å²) in [6.07, 6.45) is 7.05. The molecule has 1 aromatic carbocycles. The minimum atomic E-state index is -2.74. The maximum absolute atomic E-state index is 10.3. The van der Waals surface area contributed by atoms with Crippen LogP contribution in [-0.4, -0.2) is 84.7 Å². The Morgan fingerprint density at radius 2 is 1.64 bits per heavy atom. The Hall–Kier alpha value is -4.18. The van der Waals surface area contributed by atoms with E-state index in [1.54, 1.807) is 7.11 Å². The molecule has 3 rings (SSSR count). The highest BCUT2D eigenvalue weighted by Gasteiger charge is 2.41. The summed E-state index contributed by atoms with van der Waals surface area (Å²) in [6, 6.07) is 12.6. The number of hydrogen-bond donors (Lipinski definition) is 5. The van der Waals surface area contributed by atoms with Crippen molar-refractivity contribution in [2.45, 2.75) is 89.2 Å². The van der Waals surface area contributed by atoms with Gasteiger partial charge < -0.3 is 35.2 Å². The number of piperidine rings is 1. The van der Waals surface area contributed by atoms with Crippen molar-refractivity contribution in [1.82, 2.24) is 15.2 Å². The molecule has 2 aromatic rings. The van der Waals surface area contributed by atoms with E-state index in [1.807, 2.05) is 18.3 Å². The fourth-order valence-corrected chi connectivity index (χ4v) is 5.54. The minimum absolute atomic E-state index is 0.0688.